The summed E-state index contributed by atoms with van der Waals surface area (Å²) < 4.78 is 4.84. The van der Waals surface area contributed by atoms with Gasteiger partial charge in [-0.3, -0.25) is 4.79 Å². The number of hydrogen-bond donors (Lipinski definition) is 0. The Balaban J connectivity index is 2.31. The minimum absolute atomic E-state index is 0.134. The molecule has 0 aliphatic carbocycles. The summed E-state index contributed by atoms with van der Waals surface area (Å²) in [5.41, 5.74) is 0. The van der Waals surface area contributed by atoms with Crippen molar-refractivity contribution in [1.82, 2.24) is 4.90 Å². The number of carbonyl (C=O) groups excluding carboxylic acids is 1. The fourth-order valence-corrected chi connectivity index (χ4v) is 2.03. The smallest absolute Gasteiger partial charge is 0.248 e. The molecule has 0 saturated carbocycles. The summed E-state index contributed by atoms with van der Waals surface area (Å²) in [7, 11) is 1.57. The van der Waals surface area contributed by atoms with Gasteiger partial charge in [0, 0.05) is 20.2 Å². The molecule has 1 rings (SSSR count). The predicted octanol–water partition coefficient (Wildman–Crippen LogP) is 1.53. The van der Waals surface area contributed by atoms with Gasteiger partial charge in [0.25, 0.3) is 0 Å². The number of nitrogens with zero attached hydrogens (tertiary/aromatic N) is 1. The molecule has 0 aromatic heterocycles. The van der Waals surface area contributed by atoms with E-state index in [2.05, 4.69) is 13.8 Å². The summed E-state index contributed by atoms with van der Waals surface area (Å²) in [6.07, 6.45) is 2.29. The molecule has 0 radical (unpaired) electrons. The van der Waals surface area contributed by atoms with Gasteiger partial charge in [-0.05, 0) is 24.7 Å². The Hall–Kier alpha value is -0.570. The summed E-state index contributed by atoms with van der Waals surface area (Å²) in [6.45, 7) is 6.57. The van der Waals surface area contributed by atoms with Crippen LogP contribution in [0.25, 0.3) is 0 Å². The summed E-state index contributed by atoms with van der Waals surface area (Å²) >= 11 is 0. The van der Waals surface area contributed by atoms with Gasteiger partial charge < -0.3 is 9.64 Å². The van der Waals surface area contributed by atoms with Crippen molar-refractivity contribution < 1.29 is 9.53 Å². The normalized spacial score (nSPS) is 19.0. The lowest BCUT2D eigenvalue weighted by Crippen LogP contribution is -2.41. The van der Waals surface area contributed by atoms with Crippen LogP contribution in [0, 0.1) is 11.8 Å². The lowest BCUT2D eigenvalue weighted by atomic mass is 9.87. The summed E-state index contributed by atoms with van der Waals surface area (Å²) in [4.78, 5) is 13.4. The van der Waals surface area contributed by atoms with Crippen molar-refractivity contribution in [3.63, 3.8) is 0 Å². The average Bonchev–Trinajstić information content (AvgIpc) is 2.18. The van der Waals surface area contributed by atoms with Crippen LogP contribution in [-0.2, 0) is 9.53 Å². The standard InChI is InChI=1S/C11H21NO2/c1-9(2)10-4-6-12(7-5-10)11(13)8-14-3/h9-10H,4-8H2,1-3H3. The van der Waals surface area contributed by atoms with Crippen molar-refractivity contribution in [3.8, 4) is 0 Å². The Kier molecular flexibility index (Phi) is 4.39. The molecule has 0 spiro atoms. The monoisotopic (exact) mass is 199 g/mol. The summed E-state index contributed by atoms with van der Waals surface area (Å²) in [5.74, 6) is 1.67. The predicted molar refractivity (Wildman–Crippen MR) is 56.0 cm³/mol. The second kappa shape index (κ2) is 5.35. The average molecular weight is 199 g/mol. The number of rotatable bonds is 3. The van der Waals surface area contributed by atoms with E-state index in [1.165, 1.54) is 0 Å². The van der Waals surface area contributed by atoms with Crippen LogP contribution in [0.4, 0.5) is 0 Å². The van der Waals surface area contributed by atoms with E-state index in [-0.39, 0.29) is 12.5 Å². The fraction of sp³-hybridized carbons (Fsp3) is 0.909. The van der Waals surface area contributed by atoms with Gasteiger partial charge in [-0.2, -0.15) is 0 Å². The van der Waals surface area contributed by atoms with Crippen LogP contribution in [0.3, 0.4) is 0 Å². The molecule has 82 valence electrons. The maximum atomic E-state index is 11.5. The minimum atomic E-state index is 0.134. The maximum Gasteiger partial charge on any atom is 0.248 e. The van der Waals surface area contributed by atoms with E-state index in [0.717, 1.165) is 37.8 Å². The molecule has 14 heavy (non-hydrogen) atoms. The molecule has 1 aliphatic heterocycles. The first-order chi connectivity index (χ1) is 6.65. The Bertz CT molecular complexity index is 184. The molecular weight excluding hydrogens is 178 g/mol. The zero-order valence-electron chi connectivity index (χ0n) is 9.45. The molecule has 0 atom stereocenters. The lowest BCUT2D eigenvalue weighted by Gasteiger charge is -2.33. The van der Waals surface area contributed by atoms with Gasteiger partial charge in [-0.25, -0.2) is 0 Å². The van der Waals surface area contributed by atoms with Gasteiger partial charge in [0.2, 0.25) is 5.91 Å². The van der Waals surface area contributed by atoms with Gasteiger partial charge in [0.15, 0.2) is 0 Å². The first-order valence-electron chi connectivity index (χ1n) is 5.42. The topological polar surface area (TPSA) is 29.5 Å². The third-order valence-electron chi connectivity index (χ3n) is 3.10. The summed E-state index contributed by atoms with van der Waals surface area (Å²) in [6, 6.07) is 0. The Morgan fingerprint density at radius 1 is 1.43 bits per heavy atom. The van der Waals surface area contributed by atoms with Crippen LogP contribution >= 0.6 is 0 Å². The van der Waals surface area contributed by atoms with E-state index in [0.29, 0.717) is 0 Å². The molecule has 0 aromatic carbocycles. The molecule has 1 amide bonds. The van der Waals surface area contributed by atoms with Gasteiger partial charge in [0.05, 0.1) is 0 Å². The third kappa shape index (κ3) is 2.98. The van der Waals surface area contributed by atoms with Crippen molar-refractivity contribution in [2.45, 2.75) is 26.7 Å². The Morgan fingerprint density at radius 3 is 2.43 bits per heavy atom. The van der Waals surface area contributed by atoms with Crippen LogP contribution in [0.5, 0.6) is 0 Å². The molecule has 3 nitrogen and oxygen atoms in total. The molecule has 3 heteroatoms. The number of amides is 1. The summed E-state index contributed by atoms with van der Waals surface area (Å²) in [5, 5.41) is 0. The number of methoxy groups -OCH3 is 1. The van der Waals surface area contributed by atoms with Crippen LogP contribution in [0.1, 0.15) is 26.7 Å². The molecule has 1 heterocycles. The van der Waals surface area contributed by atoms with E-state index in [9.17, 15) is 4.79 Å². The highest BCUT2D eigenvalue weighted by Crippen LogP contribution is 2.24. The highest BCUT2D eigenvalue weighted by molar-refractivity contribution is 5.77. The maximum absolute atomic E-state index is 11.5. The van der Waals surface area contributed by atoms with Crippen molar-refractivity contribution in [2.75, 3.05) is 26.8 Å². The second-order valence-electron chi connectivity index (χ2n) is 4.40. The van der Waals surface area contributed by atoms with E-state index in [1.807, 2.05) is 4.90 Å². The molecular formula is C11H21NO2. The van der Waals surface area contributed by atoms with Crippen LogP contribution in [0.15, 0.2) is 0 Å². The second-order valence-corrected chi connectivity index (χ2v) is 4.40. The van der Waals surface area contributed by atoms with Crippen LogP contribution in [-0.4, -0.2) is 37.6 Å². The molecule has 1 aliphatic rings. The highest BCUT2D eigenvalue weighted by atomic mass is 16.5. The molecule has 0 bridgehead atoms. The SMILES string of the molecule is COCC(=O)N1CCC(C(C)C)CC1. The zero-order valence-corrected chi connectivity index (χ0v) is 9.45. The van der Waals surface area contributed by atoms with Crippen LogP contribution < -0.4 is 0 Å². The van der Waals surface area contributed by atoms with E-state index in [4.69, 9.17) is 4.74 Å². The fourth-order valence-electron chi connectivity index (χ4n) is 2.03. The number of likely N-dealkylation sites (tertiary alicyclic amines) is 1. The molecule has 1 fully saturated rings. The number of hydrogen-bond acceptors (Lipinski definition) is 2. The van der Waals surface area contributed by atoms with Crippen molar-refractivity contribution in [2.24, 2.45) is 11.8 Å². The molecule has 1 saturated heterocycles. The number of ether oxygens (including phenoxy) is 1. The van der Waals surface area contributed by atoms with Gasteiger partial charge in [0.1, 0.15) is 6.61 Å². The first kappa shape index (κ1) is 11.5. The number of piperidine rings is 1. The first-order valence-corrected chi connectivity index (χ1v) is 5.42. The lowest BCUT2D eigenvalue weighted by molar-refractivity contribution is -0.136. The van der Waals surface area contributed by atoms with E-state index in [1.54, 1.807) is 7.11 Å². The zero-order chi connectivity index (χ0) is 10.6. The van der Waals surface area contributed by atoms with Crippen LogP contribution in [0.2, 0.25) is 0 Å². The molecule has 0 aromatic rings. The van der Waals surface area contributed by atoms with E-state index < -0.39 is 0 Å². The quantitative estimate of drug-likeness (QED) is 0.690. The number of carbonyl (C=O) groups is 1. The van der Waals surface area contributed by atoms with Gasteiger partial charge in [-0.15, -0.1) is 0 Å². The Morgan fingerprint density at radius 2 is 2.00 bits per heavy atom. The van der Waals surface area contributed by atoms with Crippen molar-refractivity contribution in [3.05, 3.63) is 0 Å². The highest BCUT2D eigenvalue weighted by Gasteiger charge is 2.23. The minimum Gasteiger partial charge on any atom is -0.375 e. The van der Waals surface area contributed by atoms with Gasteiger partial charge in [-0.1, -0.05) is 13.8 Å². The molecule has 0 unspecified atom stereocenters. The van der Waals surface area contributed by atoms with Crippen molar-refractivity contribution in [1.29, 1.82) is 0 Å². The van der Waals surface area contributed by atoms with Gasteiger partial charge >= 0.3 is 0 Å². The van der Waals surface area contributed by atoms with E-state index >= 15 is 0 Å². The molecule has 0 N–H and O–H groups in total. The third-order valence-corrected chi connectivity index (χ3v) is 3.10. The largest absolute Gasteiger partial charge is 0.375 e. The van der Waals surface area contributed by atoms with Crippen molar-refractivity contribution >= 4 is 5.91 Å². The Labute approximate surface area is 86.4 Å².